The Bertz CT molecular complexity index is 303. The first kappa shape index (κ1) is 8.57. The fraction of sp³-hybridized carbons (Fsp3) is 0.455. The van der Waals surface area contributed by atoms with Gasteiger partial charge in [0.1, 0.15) is 11.9 Å². The first-order valence-corrected chi connectivity index (χ1v) is 4.66. The minimum absolute atomic E-state index is 0.343. The first-order chi connectivity index (χ1) is 6.31. The summed E-state index contributed by atoms with van der Waals surface area (Å²) in [5.41, 5.74) is 2.55. The molecule has 0 bridgehead atoms. The van der Waals surface area contributed by atoms with Crippen LogP contribution in [0.25, 0.3) is 0 Å². The molecule has 0 amide bonds. The molecule has 1 fully saturated rings. The van der Waals surface area contributed by atoms with Gasteiger partial charge in [-0.05, 0) is 37.1 Å². The Labute approximate surface area is 78.5 Å². The quantitative estimate of drug-likeness (QED) is 0.663. The summed E-state index contributed by atoms with van der Waals surface area (Å²) >= 11 is 0. The maximum atomic E-state index is 5.40. The van der Waals surface area contributed by atoms with Gasteiger partial charge in [0.25, 0.3) is 0 Å². The number of hydrogen-bond acceptors (Lipinski definition) is 2. The summed E-state index contributed by atoms with van der Waals surface area (Å²) in [4.78, 5) is 0. The van der Waals surface area contributed by atoms with Crippen LogP contribution < -0.4 is 4.74 Å². The molecule has 1 aliphatic rings. The molecule has 0 aliphatic carbocycles. The number of hydrogen-bond donors (Lipinski definition) is 0. The van der Waals surface area contributed by atoms with E-state index in [2.05, 4.69) is 19.1 Å². The number of ether oxygens (including phenoxy) is 2. The largest absolute Gasteiger partial charge is 0.494 e. The van der Waals surface area contributed by atoms with Crippen molar-refractivity contribution in [2.75, 3.05) is 13.2 Å². The Morgan fingerprint density at radius 3 is 2.85 bits per heavy atom. The first-order valence-electron chi connectivity index (χ1n) is 4.66. The molecule has 0 N–H and O–H groups in total. The van der Waals surface area contributed by atoms with Crippen LogP contribution in [-0.4, -0.2) is 13.2 Å². The van der Waals surface area contributed by atoms with E-state index in [-0.39, 0.29) is 0 Å². The van der Waals surface area contributed by atoms with Gasteiger partial charge in [-0.3, -0.25) is 0 Å². The molecule has 13 heavy (non-hydrogen) atoms. The van der Waals surface area contributed by atoms with Gasteiger partial charge in [-0.25, -0.2) is 0 Å². The number of benzene rings is 1. The smallest absolute Gasteiger partial charge is 0.119 e. The van der Waals surface area contributed by atoms with Gasteiger partial charge in [-0.1, -0.05) is 6.07 Å². The van der Waals surface area contributed by atoms with Crippen LogP contribution in [0.2, 0.25) is 0 Å². The Balaban J connectivity index is 2.21. The van der Waals surface area contributed by atoms with Crippen LogP contribution in [0.1, 0.15) is 24.2 Å². The number of aryl methyl sites for hydroxylation is 1. The zero-order chi connectivity index (χ0) is 9.26. The lowest BCUT2D eigenvalue weighted by atomic mass is 10.1. The average molecular weight is 178 g/mol. The van der Waals surface area contributed by atoms with E-state index < -0.39 is 0 Å². The van der Waals surface area contributed by atoms with Gasteiger partial charge in [0, 0.05) is 0 Å². The van der Waals surface area contributed by atoms with E-state index in [1.165, 1.54) is 11.1 Å². The van der Waals surface area contributed by atoms with Crippen LogP contribution in [0.15, 0.2) is 18.2 Å². The Morgan fingerprint density at radius 2 is 2.31 bits per heavy atom. The highest BCUT2D eigenvalue weighted by molar-refractivity contribution is 5.37. The van der Waals surface area contributed by atoms with E-state index in [1.807, 2.05) is 13.0 Å². The Morgan fingerprint density at radius 1 is 1.54 bits per heavy atom. The lowest BCUT2D eigenvalue weighted by molar-refractivity contribution is 0.339. The third-order valence-corrected chi connectivity index (χ3v) is 2.23. The van der Waals surface area contributed by atoms with Crippen molar-refractivity contribution >= 4 is 0 Å². The SMILES string of the molecule is CCOc1ccc(C2CO2)c(C)c1. The average Bonchev–Trinajstić information content (AvgIpc) is 2.88. The molecule has 2 nitrogen and oxygen atoms in total. The van der Waals surface area contributed by atoms with E-state index in [9.17, 15) is 0 Å². The molecule has 0 saturated carbocycles. The molecular weight excluding hydrogens is 164 g/mol. The molecule has 1 aromatic rings. The summed E-state index contributed by atoms with van der Waals surface area (Å²) in [6.07, 6.45) is 0.343. The van der Waals surface area contributed by atoms with Crippen LogP contribution in [-0.2, 0) is 4.74 Å². The normalized spacial score (nSPS) is 20.0. The van der Waals surface area contributed by atoms with Crippen molar-refractivity contribution in [2.45, 2.75) is 20.0 Å². The monoisotopic (exact) mass is 178 g/mol. The molecular formula is C11H14O2. The van der Waals surface area contributed by atoms with Gasteiger partial charge in [-0.2, -0.15) is 0 Å². The van der Waals surface area contributed by atoms with Gasteiger partial charge in [0.05, 0.1) is 13.2 Å². The van der Waals surface area contributed by atoms with Crippen molar-refractivity contribution in [3.05, 3.63) is 29.3 Å². The molecule has 2 rings (SSSR count). The van der Waals surface area contributed by atoms with Crippen molar-refractivity contribution in [2.24, 2.45) is 0 Å². The van der Waals surface area contributed by atoms with Crippen LogP contribution in [0.4, 0.5) is 0 Å². The maximum Gasteiger partial charge on any atom is 0.119 e. The van der Waals surface area contributed by atoms with Crippen LogP contribution in [0, 0.1) is 6.92 Å². The highest BCUT2D eigenvalue weighted by Crippen LogP contribution is 2.33. The summed E-state index contributed by atoms with van der Waals surface area (Å²) in [7, 11) is 0. The molecule has 1 aliphatic heterocycles. The molecule has 0 spiro atoms. The molecule has 1 atom stereocenters. The van der Waals surface area contributed by atoms with E-state index in [1.54, 1.807) is 0 Å². The number of rotatable bonds is 3. The molecule has 0 radical (unpaired) electrons. The third kappa shape index (κ3) is 1.83. The van der Waals surface area contributed by atoms with E-state index in [4.69, 9.17) is 9.47 Å². The predicted octanol–water partition coefficient (Wildman–Crippen LogP) is 2.47. The van der Waals surface area contributed by atoms with E-state index in [0.29, 0.717) is 6.10 Å². The molecule has 0 aromatic heterocycles. The van der Waals surface area contributed by atoms with Crippen molar-refractivity contribution in [1.29, 1.82) is 0 Å². The Kier molecular flexibility index (Phi) is 2.23. The molecule has 1 heterocycles. The highest BCUT2D eigenvalue weighted by Gasteiger charge is 2.26. The van der Waals surface area contributed by atoms with Crippen LogP contribution in [0.3, 0.4) is 0 Å². The molecule has 70 valence electrons. The second-order valence-corrected chi connectivity index (χ2v) is 3.27. The Hall–Kier alpha value is -1.02. The number of epoxide rings is 1. The molecule has 1 saturated heterocycles. The minimum atomic E-state index is 0.343. The second kappa shape index (κ2) is 3.38. The summed E-state index contributed by atoms with van der Waals surface area (Å²) in [6, 6.07) is 6.17. The van der Waals surface area contributed by atoms with Gasteiger partial charge < -0.3 is 9.47 Å². The maximum absolute atomic E-state index is 5.40. The van der Waals surface area contributed by atoms with Crippen molar-refractivity contribution < 1.29 is 9.47 Å². The fourth-order valence-corrected chi connectivity index (χ4v) is 1.49. The molecule has 1 aromatic carbocycles. The van der Waals surface area contributed by atoms with Crippen molar-refractivity contribution in [3.8, 4) is 5.75 Å². The third-order valence-electron chi connectivity index (χ3n) is 2.23. The lowest BCUT2D eigenvalue weighted by Gasteiger charge is -2.06. The van der Waals surface area contributed by atoms with Crippen LogP contribution >= 0.6 is 0 Å². The standard InChI is InChI=1S/C11H14O2/c1-3-12-9-4-5-10(8(2)6-9)11-7-13-11/h4-6,11H,3,7H2,1-2H3. The lowest BCUT2D eigenvalue weighted by Crippen LogP contribution is -1.93. The summed E-state index contributed by atoms with van der Waals surface area (Å²) < 4.78 is 10.6. The van der Waals surface area contributed by atoms with Crippen molar-refractivity contribution in [1.82, 2.24) is 0 Å². The van der Waals surface area contributed by atoms with Gasteiger partial charge in [0.15, 0.2) is 0 Å². The van der Waals surface area contributed by atoms with Gasteiger partial charge >= 0.3 is 0 Å². The fourth-order valence-electron chi connectivity index (χ4n) is 1.49. The van der Waals surface area contributed by atoms with E-state index >= 15 is 0 Å². The zero-order valence-electron chi connectivity index (χ0n) is 8.04. The van der Waals surface area contributed by atoms with Gasteiger partial charge in [-0.15, -0.1) is 0 Å². The van der Waals surface area contributed by atoms with Gasteiger partial charge in [0.2, 0.25) is 0 Å². The van der Waals surface area contributed by atoms with Crippen molar-refractivity contribution in [3.63, 3.8) is 0 Å². The topological polar surface area (TPSA) is 21.8 Å². The predicted molar refractivity (Wildman–Crippen MR) is 51.0 cm³/mol. The van der Waals surface area contributed by atoms with Crippen LogP contribution in [0.5, 0.6) is 5.75 Å². The minimum Gasteiger partial charge on any atom is -0.494 e. The summed E-state index contributed by atoms with van der Waals surface area (Å²) in [6.45, 7) is 5.68. The molecule has 1 unspecified atom stereocenters. The summed E-state index contributed by atoms with van der Waals surface area (Å²) in [5, 5.41) is 0. The summed E-state index contributed by atoms with van der Waals surface area (Å²) in [5.74, 6) is 0.949. The highest BCUT2D eigenvalue weighted by atomic mass is 16.6. The zero-order valence-corrected chi connectivity index (χ0v) is 8.04. The molecule has 2 heteroatoms. The van der Waals surface area contributed by atoms with E-state index in [0.717, 1.165) is 19.0 Å². The second-order valence-electron chi connectivity index (χ2n) is 3.27.